The van der Waals surface area contributed by atoms with Crippen LogP contribution in [0.25, 0.3) is 0 Å². The molecule has 1 heterocycles. The van der Waals surface area contributed by atoms with Crippen LogP contribution in [0.15, 0.2) is 6.07 Å². The highest BCUT2D eigenvalue weighted by molar-refractivity contribution is 5.85. The van der Waals surface area contributed by atoms with Gasteiger partial charge in [-0.1, -0.05) is 0 Å². The second-order valence-corrected chi connectivity index (χ2v) is 2.80. The summed E-state index contributed by atoms with van der Waals surface area (Å²) in [5.41, 5.74) is 0.973. The number of aromatic carboxylic acids is 1. The zero-order chi connectivity index (χ0) is 9.84. The van der Waals surface area contributed by atoms with Crippen molar-refractivity contribution in [3.05, 3.63) is 17.5 Å². The minimum Gasteiger partial charge on any atom is -0.476 e. The highest BCUT2D eigenvalue weighted by atomic mass is 16.4. The molecular weight excluding hydrogens is 170 g/mol. The highest BCUT2D eigenvalue weighted by Gasteiger charge is 2.09. The molecule has 0 aliphatic rings. The number of carbonyl (C=O) groups is 1. The second-order valence-electron chi connectivity index (χ2n) is 2.80. The van der Waals surface area contributed by atoms with Crippen LogP contribution in [0.1, 0.15) is 16.2 Å². The van der Waals surface area contributed by atoms with Crippen LogP contribution in [0.4, 0.5) is 0 Å². The lowest BCUT2D eigenvalue weighted by atomic mass is 10.4. The molecule has 0 amide bonds. The molecule has 0 unspecified atom stereocenters. The van der Waals surface area contributed by atoms with Crippen LogP contribution in [0.3, 0.4) is 0 Å². The van der Waals surface area contributed by atoms with Crippen molar-refractivity contribution >= 4 is 5.97 Å². The van der Waals surface area contributed by atoms with E-state index in [0.717, 1.165) is 12.2 Å². The normalized spacial score (nSPS) is 10.3. The van der Waals surface area contributed by atoms with Gasteiger partial charge in [-0.25, -0.2) is 4.79 Å². The topological polar surface area (TPSA) is 67.2 Å². The lowest BCUT2D eigenvalue weighted by Crippen LogP contribution is -2.16. The van der Waals surface area contributed by atoms with E-state index >= 15 is 0 Å². The summed E-state index contributed by atoms with van der Waals surface area (Å²) in [4.78, 5) is 10.5. The summed E-state index contributed by atoms with van der Waals surface area (Å²) in [5.74, 6) is -0.980. The van der Waals surface area contributed by atoms with E-state index in [4.69, 9.17) is 5.11 Å². The van der Waals surface area contributed by atoms with E-state index in [9.17, 15) is 4.79 Å². The molecule has 0 spiro atoms. The van der Waals surface area contributed by atoms with Crippen LogP contribution < -0.4 is 5.32 Å². The summed E-state index contributed by atoms with van der Waals surface area (Å²) in [5, 5.41) is 15.6. The summed E-state index contributed by atoms with van der Waals surface area (Å²) >= 11 is 0. The Labute approximate surface area is 76.4 Å². The van der Waals surface area contributed by atoms with Gasteiger partial charge in [-0.05, 0) is 20.0 Å². The number of likely N-dealkylation sites (N-methyl/N-ethyl adjacent to an activating group) is 1. The van der Waals surface area contributed by atoms with Crippen LogP contribution >= 0.6 is 0 Å². The monoisotopic (exact) mass is 183 g/mol. The molecule has 0 aliphatic heterocycles. The number of rotatable bonds is 4. The summed E-state index contributed by atoms with van der Waals surface area (Å²) < 4.78 is 1.68. The van der Waals surface area contributed by atoms with Crippen LogP contribution in [0.5, 0.6) is 0 Å². The average Bonchev–Trinajstić information content (AvgIpc) is 2.44. The molecule has 0 aromatic carbocycles. The first kappa shape index (κ1) is 9.73. The Bertz CT molecular complexity index is 306. The lowest BCUT2D eigenvalue weighted by molar-refractivity contribution is 0.0689. The molecule has 0 atom stereocenters. The molecule has 1 aromatic rings. The van der Waals surface area contributed by atoms with Gasteiger partial charge in [0.2, 0.25) is 0 Å². The van der Waals surface area contributed by atoms with E-state index in [1.54, 1.807) is 10.7 Å². The van der Waals surface area contributed by atoms with E-state index in [0.29, 0.717) is 6.54 Å². The van der Waals surface area contributed by atoms with E-state index in [2.05, 4.69) is 10.4 Å². The van der Waals surface area contributed by atoms with Crippen molar-refractivity contribution in [2.24, 2.45) is 0 Å². The predicted octanol–water partition coefficient (Wildman–Crippen LogP) is 0.109. The zero-order valence-electron chi connectivity index (χ0n) is 7.74. The van der Waals surface area contributed by atoms with Crippen molar-refractivity contribution in [3.63, 3.8) is 0 Å². The smallest absolute Gasteiger partial charge is 0.356 e. The number of hydrogen-bond acceptors (Lipinski definition) is 3. The van der Waals surface area contributed by atoms with E-state index in [1.165, 1.54) is 0 Å². The Balaban J connectivity index is 2.77. The summed E-state index contributed by atoms with van der Waals surface area (Å²) in [6, 6.07) is 1.57. The number of carboxylic acids is 1. The number of aromatic nitrogens is 2. The average molecular weight is 183 g/mol. The van der Waals surface area contributed by atoms with E-state index in [-0.39, 0.29) is 5.69 Å². The van der Waals surface area contributed by atoms with E-state index < -0.39 is 5.97 Å². The van der Waals surface area contributed by atoms with Gasteiger partial charge in [-0.2, -0.15) is 5.10 Å². The molecule has 0 bridgehead atoms. The van der Waals surface area contributed by atoms with Crippen molar-refractivity contribution < 1.29 is 9.90 Å². The standard InChI is InChI=1S/C8H13N3O2/c1-6-5-7(8(12)13)10-11(6)4-3-9-2/h5,9H,3-4H2,1-2H3,(H,12,13). The minimum atomic E-state index is -0.980. The van der Waals surface area contributed by atoms with Gasteiger partial charge in [0.1, 0.15) is 0 Å². The molecule has 0 saturated carbocycles. The van der Waals surface area contributed by atoms with Crippen molar-refractivity contribution in [1.29, 1.82) is 0 Å². The largest absolute Gasteiger partial charge is 0.476 e. The van der Waals surface area contributed by atoms with Gasteiger partial charge in [0, 0.05) is 12.2 Å². The summed E-state index contributed by atoms with van der Waals surface area (Å²) in [7, 11) is 1.84. The number of hydrogen-bond donors (Lipinski definition) is 2. The third kappa shape index (κ3) is 2.29. The minimum absolute atomic E-state index is 0.105. The molecule has 2 N–H and O–H groups in total. The molecule has 0 fully saturated rings. The van der Waals surface area contributed by atoms with Crippen LogP contribution in [0, 0.1) is 6.92 Å². The molecule has 13 heavy (non-hydrogen) atoms. The van der Waals surface area contributed by atoms with Gasteiger partial charge in [0.15, 0.2) is 5.69 Å². The van der Waals surface area contributed by atoms with Crippen LogP contribution in [0.2, 0.25) is 0 Å². The Morgan fingerprint density at radius 1 is 1.77 bits per heavy atom. The number of nitrogens with one attached hydrogen (secondary N) is 1. The Morgan fingerprint density at radius 3 is 2.92 bits per heavy atom. The fourth-order valence-corrected chi connectivity index (χ4v) is 1.06. The van der Waals surface area contributed by atoms with E-state index in [1.807, 2.05) is 14.0 Å². The quantitative estimate of drug-likeness (QED) is 0.695. The molecule has 5 nitrogen and oxygen atoms in total. The van der Waals surface area contributed by atoms with Gasteiger partial charge < -0.3 is 10.4 Å². The molecule has 72 valence electrons. The molecule has 0 saturated heterocycles. The Kier molecular flexibility index (Phi) is 3.02. The Morgan fingerprint density at radius 2 is 2.46 bits per heavy atom. The van der Waals surface area contributed by atoms with Crippen molar-refractivity contribution in [1.82, 2.24) is 15.1 Å². The molecular formula is C8H13N3O2. The van der Waals surface area contributed by atoms with Gasteiger partial charge in [-0.3, -0.25) is 4.68 Å². The maximum Gasteiger partial charge on any atom is 0.356 e. The maximum absolute atomic E-state index is 10.5. The van der Waals surface area contributed by atoms with Gasteiger partial charge in [0.05, 0.1) is 6.54 Å². The third-order valence-electron chi connectivity index (χ3n) is 1.77. The molecule has 5 heteroatoms. The SMILES string of the molecule is CNCCn1nc(C(=O)O)cc1C. The number of carboxylic acid groups (broad SMARTS) is 1. The summed E-state index contributed by atoms with van der Waals surface area (Å²) in [6.07, 6.45) is 0. The first-order chi connectivity index (χ1) is 6.15. The second kappa shape index (κ2) is 4.04. The van der Waals surface area contributed by atoms with Crippen molar-refractivity contribution in [3.8, 4) is 0 Å². The zero-order valence-corrected chi connectivity index (χ0v) is 7.74. The van der Waals surface area contributed by atoms with Gasteiger partial charge in [-0.15, -0.1) is 0 Å². The lowest BCUT2D eigenvalue weighted by Gasteiger charge is -2.01. The molecule has 0 radical (unpaired) electrons. The molecule has 0 aliphatic carbocycles. The molecule has 1 rings (SSSR count). The van der Waals surface area contributed by atoms with Gasteiger partial charge in [0.25, 0.3) is 0 Å². The first-order valence-corrected chi connectivity index (χ1v) is 4.07. The van der Waals surface area contributed by atoms with Crippen LogP contribution in [-0.2, 0) is 6.54 Å². The predicted molar refractivity (Wildman–Crippen MR) is 47.9 cm³/mol. The van der Waals surface area contributed by atoms with Crippen molar-refractivity contribution in [2.75, 3.05) is 13.6 Å². The fourth-order valence-electron chi connectivity index (χ4n) is 1.06. The first-order valence-electron chi connectivity index (χ1n) is 4.07. The number of aryl methyl sites for hydroxylation is 1. The maximum atomic E-state index is 10.5. The van der Waals surface area contributed by atoms with Crippen LogP contribution in [-0.4, -0.2) is 34.4 Å². The highest BCUT2D eigenvalue weighted by Crippen LogP contribution is 2.02. The Hall–Kier alpha value is -1.36. The summed E-state index contributed by atoms with van der Waals surface area (Å²) in [6.45, 7) is 3.31. The van der Waals surface area contributed by atoms with Gasteiger partial charge >= 0.3 is 5.97 Å². The fraction of sp³-hybridized carbons (Fsp3) is 0.500. The molecule has 1 aromatic heterocycles. The number of nitrogens with zero attached hydrogens (tertiary/aromatic N) is 2. The third-order valence-corrected chi connectivity index (χ3v) is 1.77. The van der Waals surface area contributed by atoms with Crippen molar-refractivity contribution in [2.45, 2.75) is 13.5 Å².